The summed E-state index contributed by atoms with van der Waals surface area (Å²) in [4.78, 5) is 0. The van der Waals surface area contributed by atoms with Crippen molar-refractivity contribution >= 4 is 6.08 Å². The smallest absolute Gasteiger partial charge is 0.0962 e. The Bertz CT molecular complexity index is 470. The molecule has 0 radical (unpaired) electrons. The highest BCUT2D eigenvalue weighted by molar-refractivity contribution is 5.47. The van der Waals surface area contributed by atoms with E-state index in [-0.39, 0.29) is 0 Å². The van der Waals surface area contributed by atoms with E-state index in [1.165, 1.54) is 5.56 Å². The van der Waals surface area contributed by atoms with Crippen LogP contribution in [0.1, 0.15) is 16.8 Å². The molecule has 0 spiro atoms. The maximum atomic E-state index is 5.47. The Hall–Kier alpha value is -1.94. The quantitative estimate of drug-likeness (QED) is 0.837. The largest absolute Gasteiger partial charge is 0.325 e. The van der Waals surface area contributed by atoms with Gasteiger partial charge in [-0.2, -0.15) is 0 Å². The monoisotopic (exact) mass is 214 g/mol. The van der Waals surface area contributed by atoms with Crippen molar-refractivity contribution < 1.29 is 0 Å². The summed E-state index contributed by atoms with van der Waals surface area (Å²) in [5.74, 6) is 0. The van der Waals surface area contributed by atoms with Gasteiger partial charge in [0.1, 0.15) is 0 Å². The van der Waals surface area contributed by atoms with E-state index in [0.29, 0.717) is 13.1 Å². The van der Waals surface area contributed by atoms with Gasteiger partial charge >= 0.3 is 0 Å². The maximum Gasteiger partial charge on any atom is 0.0962 e. The molecule has 0 aliphatic carbocycles. The van der Waals surface area contributed by atoms with E-state index < -0.39 is 0 Å². The summed E-state index contributed by atoms with van der Waals surface area (Å²) in [6, 6.07) is 8.17. The molecule has 0 saturated carbocycles. The summed E-state index contributed by atoms with van der Waals surface area (Å²) >= 11 is 0. The average Bonchev–Trinajstić information content (AvgIpc) is 2.78. The van der Waals surface area contributed by atoms with Crippen LogP contribution in [0, 0.1) is 0 Å². The molecule has 0 aliphatic heterocycles. The van der Waals surface area contributed by atoms with Crippen molar-refractivity contribution in [2.24, 2.45) is 5.73 Å². The molecule has 82 valence electrons. The van der Waals surface area contributed by atoms with Gasteiger partial charge in [0.25, 0.3) is 0 Å². The lowest BCUT2D eigenvalue weighted by Gasteiger charge is -2.01. The number of hydrogen-bond donors (Lipinski definition) is 1. The molecule has 16 heavy (non-hydrogen) atoms. The highest BCUT2D eigenvalue weighted by atomic mass is 15.4. The summed E-state index contributed by atoms with van der Waals surface area (Å²) in [5, 5.41) is 7.93. The normalized spacial score (nSPS) is 10.3. The van der Waals surface area contributed by atoms with Gasteiger partial charge in [-0.1, -0.05) is 42.1 Å². The van der Waals surface area contributed by atoms with E-state index >= 15 is 0 Å². The van der Waals surface area contributed by atoms with Crippen LogP contribution in [0.5, 0.6) is 0 Å². The number of benzene rings is 1. The van der Waals surface area contributed by atoms with Gasteiger partial charge in [0.15, 0.2) is 0 Å². The average molecular weight is 214 g/mol. The molecule has 4 heteroatoms. The summed E-state index contributed by atoms with van der Waals surface area (Å²) in [6.07, 6.45) is 3.69. The van der Waals surface area contributed by atoms with Gasteiger partial charge in [0.2, 0.25) is 0 Å². The Labute approximate surface area is 94.4 Å². The van der Waals surface area contributed by atoms with Crippen molar-refractivity contribution in [3.63, 3.8) is 0 Å². The number of rotatable bonds is 4. The third kappa shape index (κ3) is 2.35. The first-order valence-electron chi connectivity index (χ1n) is 5.12. The van der Waals surface area contributed by atoms with Crippen LogP contribution in [-0.4, -0.2) is 15.0 Å². The second-order valence-corrected chi connectivity index (χ2v) is 3.56. The van der Waals surface area contributed by atoms with Crippen molar-refractivity contribution in [2.45, 2.75) is 13.1 Å². The van der Waals surface area contributed by atoms with E-state index in [9.17, 15) is 0 Å². The number of nitrogens with two attached hydrogens (primary N) is 1. The Balaban J connectivity index is 2.10. The number of aromatic nitrogens is 3. The van der Waals surface area contributed by atoms with Crippen LogP contribution in [0.2, 0.25) is 0 Å². The minimum Gasteiger partial charge on any atom is -0.325 e. The molecule has 2 aromatic rings. The first kappa shape index (κ1) is 10.6. The summed E-state index contributed by atoms with van der Waals surface area (Å²) in [6.45, 7) is 4.86. The molecule has 0 fully saturated rings. The zero-order chi connectivity index (χ0) is 11.4. The fraction of sp³-hybridized carbons (Fsp3) is 0.167. The van der Waals surface area contributed by atoms with Crippen molar-refractivity contribution in [1.29, 1.82) is 0 Å². The molecular weight excluding hydrogens is 200 g/mol. The van der Waals surface area contributed by atoms with Crippen LogP contribution >= 0.6 is 0 Å². The second kappa shape index (κ2) is 4.72. The molecule has 2 rings (SSSR count). The van der Waals surface area contributed by atoms with E-state index in [1.54, 1.807) is 4.68 Å². The third-order valence-corrected chi connectivity index (χ3v) is 2.36. The first-order valence-corrected chi connectivity index (χ1v) is 5.12. The van der Waals surface area contributed by atoms with E-state index in [1.807, 2.05) is 24.4 Å². The van der Waals surface area contributed by atoms with Crippen molar-refractivity contribution in [3.05, 3.63) is 53.9 Å². The molecule has 1 aromatic carbocycles. The molecule has 0 aliphatic rings. The molecule has 0 unspecified atom stereocenters. The van der Waals surface area contributed by atoms with Gasteiger partial charge in [0, 0.05) is 6.54 Å². The Morgan fingerprint density at radius 1 is 1.31 bits per heavy atom. The summed E-state index contributed by atoms with van der Waals surface area (Å²) < 4.78 is 1.78. The van der Waals surface area contributed by atoms with Gasteiger partial charge in [-0.15, -0.1) is 5.10 Å². The fourth-order valence-electron chi connectivity index (χ4n) is 1.46. The van der Waals surface area contributed by atoms with Crippen molar-refractivity contribution in [1.82, 2.24) is 15.0 Å². The topological polar surface area (TPSA) is 56.7 Å². The number of nitrogens with zero attached hydrogens (tertiary/aromatic N) is 3. The van der Waals surface area contributed by atoms with Crippen LogP contribution in [0.25, 0.3) is 6.08 Å². The van der Waals surface area contributed by atoms with Crippen molar-refractivity contribution in [2.75, 3.05) is 0 Å². The lowest BCUT2D eigenvalue weighted by molar-refractivity contribution is 0.649. The van der Waals surface area contributed by atoms with Gasteiger partial charge in [-0.05, 0) is 11.1 Å². The Morgan fingerprint density at radius 2 is 2.06 bits per heavy atom. The molecule has 0 bridgehead atoms. The van der Waals surface area contributed by atoms with Gasteiger partial charge in [-0.25, -0.2) is 4.68 Å². The van der Waals surface area contributed by atoms with Gasteiger partial charge in [0.05, 0.1) is 18.4 Å². The molecule has 1 aromatic heterocycles. The number of hydrogen-bond acceptors (Lipinski definition) is 3. The van der Waals surface area contributed by atoms with E-state index in [4.69, 9.17) is 5.73 Å². The maximum absolute atomic E-state index is 5.47. The van der Waals surface area contributed by atoms with Gasteiger partial charge in [-0.3, -0.25) is 0 Å². The first-order chi connectivity index (χ1) is 7.81. The summed E-state index contributed by atoms with van der Waals surface area (Å²) in [5.41, 5.74) is 8.57. The van der Waals surface area contributed by atoms with Crippen molar-refractivity contribution in [3.8, 4) is 0 Å². The van der Waals surface area contributed by atoms with E-state index in [2.05, 4.69) is 29.0 Å². The van der Waals surface area contributed by atoms with Crippen LogP contribution in [0.15, 0.2) is 37.0 Å². The molecule has 0 amide bonds. The molecule has 0 atom stereocenters. The molecule has 4 nitrogen and oxygen atoms in total. The van der Waals surface area contributed by atoms with Crippen LogP contribution in [-0.2, 0) is 13.1 Å². The second-order valence-electron chi connectivity index (χ2n) is 3.56. The predicted molar refractivity (Wildman–Crippen MR) is 63.5 cm³/mol. The highest BCUT2D eigenvalue weighted by Gasteiger charge is 1.99. The minimum absolute atomic E-state index is 0.426. The Morgan fingerprint density at radius 3 is 2.62 bits per heavy atom. The Kier molecular flexibility index (Phi) is 3.12. The minimum atomic E-state index is 0.426. The molecule has 0 saturated heterocycles. The molecule has 1 heterocycles. The van der Waals surface area contributed by atoms with Crippen LogP contribution in [0.4, 0.5) is 0 Å². The molecular formula is C12H14N4. The van der Waals surface area contributed by atoms with Crippen LogP contribution < -0.4 is 5.73 Å². The third-order valence-electron chi connectivity index (χ3n) is 2.36. The van der Waals surface area contributed by atoms with Crippen LogP contribution in [0.3, 0.4) is 0 Å². The standard InChI is InChI=1S/C12H14N4/c1-2-10-3-5-11(6-4-10)8-16-9-12(7-13)14-15-16/h2-6,9H,1,7-8,13H2. The summed E-state index contributed by atoms with van der Waals surface area (Å²) in [7, 11) is 0. The zero-order valence-electron chi connectivity index (χ0n) is 9.00. The van der Waals surface area contributed by atoms with Gasteiger partial charge < -0.3 is 5.73 Å². The SMILES string of the molecule is C=Cc1ccc(Cn2cc(CN)nn2)cc1. The highest BCUT2D eigenvalue weighted by Crippen LogP contribution is 2.07. The zero-order valence-corrected chi connectivity index (χ0v) is 9.00. The molecule has 2 N–H and O–H groups in total. The van der Waals surface area contributed by atoms with E-state index in [0.717, 1.165) is 11.3 Å². The lowest BCUT2D eigenvalue weighted by atomic mass is 10.1. The fourth-order valence-corrected chi connectivity index (χ4v) is 1.46. The predicted octanol–water partition coefficient (Wildman–Crippen LogP) is 1.43. The lowest BCUT2D eigenvalue weighted by Crippen LogP contribution is -2.00.